The summed E-state index contributed by atoms with van der Waals surface area (Å²) in [5.74, 6) is 0.245. The summed E-state index contributed by atoms with van der Waals surface area (Å²) in [6.45, 7) is 8.29. The van der Waals surface area contributed by atoms with E-state index in [1.54, 1.807) is 18.3 Å². The van der Waals surface area contributed by atoms with E-state index in [1.807, 2.05) is 15.9 Å². The van der Waals surface area contributed by atoms with E-state index in [4.69, 9.17) is 0 Å². The Kier molecular flexibility index (Phi) is 7.23. The molecule has 1 aliphatic heterocycles. The zero-order chi connectivity index (χ0) is 19.9. The van der Waals surface area contributed by atoms with Crippen molar-refractivity contribution in [1.29, 1.82) is 0 Å². The van der Waals surface area contributed by atoms with E-state index < -0.39 is 0 Å². The Labute approximate surface area is 171 Å². The molecule has 2 heterocycles. The Morgan fingerprint density at radius 2 is 1.68 bits per heavy atom. The molecule has 0 bridgehead atoms. The number of nitrogens with zero attached hydrogens (tertiary/aromatic N) is 3. The molecule has 0 aliphatic carbocycles. The van der Waals surface area contributed by atoms with E-state index in [-0.39, 0.29) is 11.8 Å². The van der Waals surface area contributed by atoms with Crippen molar-refractivity contribution >= 4 is 23.2 Å². The highest BCUT2D eigenvalue weighted by molar-refractivity contribution is 7.11. The van der Waals surface area contributed by atoms with E-state index in [0.717, 1.165) is 19.5 Å². The minimum atomic E-state index is 0.0876. The van der Waals surface area contributed by atoms with E-state index in [2.05, 4.69) is 48.2 Å². The number of aryl methyl sites for hydroxylation is 1. The maximum Gasteiger partial charge on any atom is 0.236 e. The number of piperazine rings is 1. The number of carbonyl (C=O) groups is 2. The van der Waals surface area contributed by atoms with Crippen LogP contribution < -0.4 is 0 Å². The summed E-state index contributed by atoms with van der Waals surface area (Å²) in [6.07, 6.45) is 0.927. The lowest BCUT2D eigenvalue weighted by molar-refractivity contribution is -0.139. The highest BCUT2D eigenvalue weighted by Gasteiger charge is 2.24. The lowest BCUT2D eigenvalue weighted by atomic mass is 10.1. The van der Waals surface area contributed by atoms with Crippen LogP contribution in [0.1, 0.15) is 22.2 Å². The quantitative estimate of drug-likeness (QED) is 0.719. The highest BCUT2D eigenvalue weighted by Crippen LogP contribution is 2.18. The van der Waals surface area contributed by atoms with Gasteiger partial charge in [0.1, 0.15) is 0 Å². The fraction of sp³-hybridized carbons (Fsp3) is 0.455. The van der Waals surface area contributed by atoms with Crippen LogP contribution in [0.5, 0.6) is 0 Å². The molecule has 28 heavy (non-hydrogen) atoms. The zero-order valence-electron chi connectivity index (χ0n) is 16.8. The second-order valence-corrected chi connectivity index (χ2v) is 8.72. The minimum Gasteiger partial charge on any atom is -0.339 e. The zero-order valence-corrected chi connectivity index (χ0v) is 17.6. The van der Waals surface area contributed by atoms with Gasteiger partial charge in [0.05, 0.1) is 6.54 Å². The first-order chi connectivity index (χ1) is 13.5. The van der Waals surface area contributed by atoms with Gasteiger partial charge in [0.25, 0.3) is 0 Å². The average Bonchev–Trinajstić information content (AvgIpc) is 3.11. The molecule has 6 heteroatoms. The Balaban J connectivity index is 1.59. The van der Waals surface area contributed by atoms with Crippen LogP contribution in [0.4, 0.5) is 0 Å². The van der Waals surface area contributed by atoms with E-state index in [0.29, 0.717) is 32.7 Å². The summed E-state index contributed by atoms with van der Waals surface area (Å²) in [4.78, 5) is 32.9. The summed E-state index contributed by atoms with van der Waals surface area (Å²) in [6, 6.07) is 14.7. The smallest absolute Gasteiger partial charge is 0.236 e. The van der Waals surface area contributed by atoms with Crippen LogP contribution in [0.15, 0.2) is 42.5 Å². The maximum atomic E-state index is 12.9. The molecule has 1 fully saturated rings. The maximum absolute atomic E-state index is 12.9. The van der Waals surface area contributed by atoms with Crippen molar-refractivity contribution in [3.05, 3.63) is 57.8 Å². The lowest BCUT2D eigenvalue weighted by Crippen LogP contribution is -2.52. The summed E-state index contributed by atoms with van der Waals surface area (Å²) >= 11 is 1.79. The lowest BCUT2D eigenvalue weighted by Gasteiger charge is -2.35. The van der Waals surface area contributed by atoms with Crippen molar-refractivity contribution in [3.63, 3.8) is 0 Å². The second kappa shape index (κ2) is 9.85. The SMILES string of the molecule is CC(=O)N1CCN(C(=O)CN(CCc2ccccc2)Cc2ccc(C)s2)CC1. The third-order valence-corrected chi connectivity index (χ3v) is 6.16. The van der Waals surface area contributed by atoms with Crippen molar-refractivity contribution in [1.82, 2.24) is 14.7 Å². The minimum absolute atomic E-state index is 0.0876. The number of rotatable bonds is 7. The summed E-state index contributed by atoms with van der Waals surface area (Å²) in [7, 11) is 0. The molecule has 0 spiro atoms. The molecule has 1 aromatic heterocycles. The van der Waals surface area contributed by atoms with Crippen LogP contribution in [0.3, 0.4) is 0 Å². The molecular formula is C22H29N3O2S. The second-order valence-electron chi connectivity index (χ2n) is 7.35. The van der Waals surface area contributed by atoms with Crippen molar-refractivity contribution in [3.8, 4) is 0 Å². The van der Waals surface area contributed by atoms with E-state index in [1.165, 1.54) is 15.3 Å². The van der Waals surface area contributed by atoms with Gasteiger partial charge in [-0.05, 0) is 31.0 Å². The van der Waals surface area contributed by atoms with Gasteiger partial charge in [-0.15, -0.1) is 11.3 Å². The predicted molar refractivity (Wildman–Crippen MR) is 113 cm³/mol. The van der Waals surface area contributed by atoms with Crippen LogP contribution in [-0.4, -0.2) is 65.8 Å². The molecule has 0 N–H and O–H groups in total. The molecule has 5 nitrogen and oxygen atoms in total. The molecule has 2 amide bonds. The monoisotopic (exact) mass is 399 g/mol. The largest absolute Gasteiger partial charge is 0.339 e. The fourth-order valence-corrected chi connectivity index (χ4v) is 4.43. The molecule has 0 unspecified atom stereocenters. The van der Waals surface area contributed by atoms with Crippen molar-refractivity contribution in [2.45, 2.75) is 26.8 Å². The van der Waals surface area contributed by atoms with Gasteiger partial charge in [0.2, 0.25) is 11.8 Å². The van der Waals surface area contributed by atoms with Gasteiger partial charge in [0.15, 0.2) is 0 Å². The van der Waals surface area contributed by atoms with Crippen LogP contribution in [-0.2, 0) is 22.6 Å². The van der Waals surface area contributed by atoms with Crippen LogP contribution >= 0.6 is 11.3 Å². The van der Waals surface area contributed by atoms with Gasteiger partial charge in [0, 0.05) is 55.9 Å². The highest BCUT2D eigenvalue weighted by atomic mass is 32.1. The Morgan fingerprint density at radius 3 is 2.29 bits per heavy atom. The van der Waals surface area contributed by atoms with Crippen molar-refractivity contribution < 1.29 is 9.59 Å². The Bertz CT molecular complexity index is 782. The van der Waals surface area contributed by atoms with Gasteiger partial charge < -0.3 is 9.80 Å². The number of benzene rings is 1. The first kappa shape index (κ1) is 20.6. The Hall–Kier alpha value is -2.18. The molecule has 0 radical (unpaired) electrons. The molecule has 0 saturated carbocycles. The van der Waals surface area contributed by atoms with E-state index in [9.17, 15) is 9.59 Å². The van der Waals surface area contributed by atoms with Gasteiger partial charge in [-0.25, -0.2) is 0 Å². The number of hydrogen-bond acceptors (Lipinski definition) is 4. The molecule has 1 saturated heterocycles. The molecule has 2 aromatic rings. The van der Waals surface area contributed by atoms with Gasteiger partial charge >= 0.3 is 0 Å². The fourth-order valence-electron chi connectivity index (χ4n) is 3.50. The molecule has 1 aliphatic rings. The summed E-state index contributed by atoms with van der Waals surface area (Å²) < 4.78 is 0. The predicted octanol–water partition coefficient (Wildman–Crippen LogP) is 2.79. The normalized spacial score (nSPS) is 14.5. The number of carbonyl (C=O) groups excluding carboxylic acids is 2. The van der Waals surface area contributed by atoms with Crippen LogP contribution in [0, 0.1) is 6.92 Å². The summed E-state index contributed by atoms with van der Waals surface area (Å²) in [5, 5.41) is 0. The van der Waals surface area contributed by atoms with Crippen LogP contribution in [0.2, 0.25) is 0 Å². The number of amides is 2. The third-order valence-electron chi connectivity index (χ3n) is 5.17. The topological polar surface area (TPSA) is 43.9 Å². The molecular weight excluding hydrogens is 370 g/mol. The number of thiophene rings is 1. The molecule has 0 atom stereocenters. The molecule has 3 rings (SSSR count). The van der Waals surface area contributed by atoms with Crippen LogP contribution in [0.25, 0.3) is 0 Å². The average molecular weight is 400 g/mol. The van der Waals surface area contributed by atoms with Gasteiger partial charge in [-0.1, -0.05) is 30.3 Å². The first-order valence-corrected chi connectivity index (χ1v) is 10.7. The van der Waals surface area contributed by atoms with E-state index >= 15 is 0 Å². The summed E-state index contributed by atoms with van der Waals surface area (Å²) in [5.41, 5.74) is 1.29. The van der Waals surface area contributed by atoms with Crippen molar-refractivity contribution in [2.75, 3.05) is 39.3 Å². The number of hydrogen-bond donors (Lipinski definition) is 0. The van der Waals surface area contributed by atoms with Crippen molar-refractivity contribution in [2.24, 2.45) is 0 Å². The van der Waals surface area contributed by atoms with Gasteiger partial charge in [-0.3, -0.25) is 14.5 Å². The standard InChI is InChI=1S/C22H29N3O2S/c1-18-8-9-21(28-18)16-23(11-10-20-6-4-3-5-7-20)17-22(27)25-14-12-24(13-15-25)19(2)26/h3-9H,10-17H2,1-2H3. The first-order valence-electron chi connectivity index (χ1n) is 9.86. The molecule has 150 valence electrons. The van der Waals surface area contributed by atoms with Gasteiger partial charge in [-0.2, -0.15) is 0 Å². The molecule has 1 aromatic carbocycles. The Morgan fingerprint density at radius 1 is 1.00 bits per heavy atom. The third kappa shape index (κ3) is 5.91.